The number of allylic oxidation sites excluding steroid dienone is 1. The highest BCUT2D eigenvalue weighted by atomic mass is 32.2. The third-order valence-corrected chi connectivity index (χ3v) is 22.5. The van der Waals surface area contributed by atoms with E-state index in [2.05, 4.69) is 72.3 Å². The Morgan fingerprint density at radius 2 is 0.719 bits per heavy atom. The number of carboxylic acids is 4. The number of hydrogen-bond donors (Lipinski definition) is 16. The highest BCUT2D eigenvalue weighted by Gasteiger charge is 2.47. The van der Waals surface area contributed by atoms with E-state index >= 15 is 0 Å². The van der Waals surface area contributed by atoms with Crippen LogP contribution in [0.5, 0.6) is 0 Å². The number of esters is 1. The van der Waals surface area contributed by atoms with Crippen LogP contribution >= 0.6 is 0 Å². The lowest BCUT2D eigenvalue weighted by Gasteiger charge is -2.22. The van der Waals surface area contributed by atoms with Crippen LogP contribution in [0.2, 0.25) is 0 Å². The maximum absolute atomic E-state index is 13.2. The molecule has 43 nitrogen and oxygen atoms in total. The van der Waals surface area contributed by atoms with Gasteiger partial charge < -0.3 is 108 Å². The number of urea groups is 1. The molecular weight excluding hydrogens is 1700 g/mol. The van der Waals surface area contributed by atoms with Crippen LogP contribution in [-0.4, -0.2) is 320 Å². The summed E-state index contributed by atoms with van der Waals surface area (Å²) in [6.45, 7) is -10.6. The van der Waals surface area contributed by atoms with Crippen LogP contribution in [0.15, 0.2) is 12.2 Å². The quantitative estimate of drug-likeness (QED) is 0.0164. The number of nitrogens with one attached hydrogen (secondary N) is 11. The smallest absolute Gasteiger partial charge is 0.323 e. The van der Waals surface area contributed by atoms with Crippen molar-refractivity contribution in [1.29, 1.82) is 0 Å². The van der Waals surface area contributed by atoms with Gasteiger partial charge in [0.25, 0.3) is 0 Å². The fourth-order valence-electron chi connectivity index (χ4n) is 13.6. The van der Waals surface area contributed by atoms with Crippen molar-refractivity contribution in [2.45, 2.75) is 274 Å². The molecule has 2 aliphatic heterocycles. The van der Waals surface area contributed by atoms with Crippen LogP contribution < -0.4 is 58.5 Å². The molecule has 15 amide bonds. The molecule has 0 aromatic heterocycles. The predicted octanol–water partition coefficient (Wildman–Crippen LogP) is -0.0836. The molecule has 6 atom stereocenters. The number of carbonyl (C=O) groups is 21. The monoisotopic (exact) mass is 1840 g/mol. The van der Waals surface area contributed by atoms with E-state index in [1.165, 1.54) is 122 Å². The van der Waals surface area contributed by atoms with Gasteiger partial charge in [-0.15, -0.1) is 0 Å². The van der Waals surface area contributed by atoms with Crippen molar-refractivity contribution in [1.82, 2.24) is 78.1 Å². The van der Waals surface area contributed by atoms with E-state index in [-0.39, 0.29) is 43.4 Å². The normalized spacial score (nSPS) is 14.6. The van der Waals surface area contributed by atoms with Crippen molar-refractivity contribution in [3.63, 3.8) is 0 Å². The summed E-state index contributed by atoms with van der Waals surface area (Å²) < 4.78 is 17.9. The second kappa shape index (κ2) is 68.1. The molecule has 0 saturated carbocycles. The van der Waals surface area contributed by atoms with Crippen LogP contribution in [0.1, 0.15) is 245 Å². The number of rotatable bonds is 76. The van der Waals surface area contributed by atoms with Gasteiger partial charge in [0.2, 0.25) is 76.8 Å². The topological polar surface area (TPSA) is 631 Å². The number of nitrogens with zero attached hydrogens (tertiary/aromatic N) is 4. The molecule has 2 rings (SSSR count). The number of aliphatic carboxylic acids is 4. The Kier molecular flexibility index (Phi) is 60.1. The van der Waals surface area contributed by atoms with Crippen LogP contribution in [0, 0.1) is 0 Å². The van der Waals surface area contributed by atoms with E-state index in [0.29, 0.717) is 32.4 Å². The molecule has 2 aliphatic rings. The molecule has 0 aromatic carbocycles. The third-order valence-electron chi connectivity index (χ3n) is 20.7. The summed E-state index contributed by atoms with van der Waals surface area (Å²) >= 11 is 0. The number of amides is 15. The van der Waals surface area contributed by atoms with Crippen molar-refractivity contribution < 1.29 is 135 Å². The van der Waals surface area contributed by atoms with E-state index in [0.717, 1.165) is 44.9 Å². The minimum Gasteiger partial charge on any atom is -0.480 e. The summed E-state index contributed by atoms with van der Waals surface area (Å²) in [4.78, 5) is 265. The number of aliphatic hydroxyl groups excluding tert-OH is 1. The molecular formula is C84H137N15O28S. The third kappa shape index (κ3) is 56.2. The SMILES string of the molecule is CCCCCCCCCCCCC/C=C/[C@@H](O)[C@@H](COC(=O)CCC(=O)NCC(=O)NCC(=O)N(CC(=O)O)CC(=O)NCC(=O)NCC(=O)N(CC(=O)O)CC(=O)CCCC(=O)CN(CC(=O)O)C(=O)CNC(=O)CNC(=O)CN(CC(=O)O)C(=O)CNC(=O)CNC(=O)CC[C@H]1[C@H]2NC(=O)N[C@H]2CS1=O)NC(=O)CCCCCCCCCCCCCCCCCC. The van der Waals surface area contributed by atoms with Crippen LogP contribution in [0.4, 0.5) is 4.79 Å². The predicted molar refractivity (Wildman–Crippen MR) is 463 cm³/mol. The molecule has 2 heterocycles. The number of hydrogen-bond acceptors (Lipinski definition) is 24. The molecule has 0 aromatic rings. The Balaban J connectivity index is 1.79. The molecule has 16 N–H and O–H groups in total. The number of carboxylic acid groups (broad SMARTS) is 4. The molecule has 2 saturated heterocycles. The van der Waals surface area contributed by atoms with Gasteiger partial charge in [0.05, 0.1) is 101 Å². The average molecular weight is 1840 g/mol. The number of ketones is 2. The zero-order chi connectivity index (χ0) is 95.0. The number of ether oxygens (including phenoxy) is 1. The van der Waals surface area contributed by atoms with Gasteiger partial charge in [-0.1, -0.05) is 187 Å². The van der Waals surface area contributed by atoms with Gasteiger partial charge in [0, 0.05) is 48.7 Å². The number of aliphatic hydroxyl groups is 1. The fraction of sp³-hybridized carbons (Fsp3) is 0.726. The largest absolute Gasteiger partial charge is 0.480 e. The van der Waals surface area contributed by atoms with E-state index in [9.17, 15) is 130 Å². The number of Topliss-reactive ketones (excluding diaryl/α,β-unsaturated/α-hetero) is 2. The van der Waals surface area contributed by atoms with Gasteiger partial charge in [0.15, 0.2) is 11.6 Å². The van der Waals surface area contributed by atoms with Gasteiger partial charge >= 0.3 is 35.9 Å². The zero-order valence-electron chi connectivity index (χ0n) is 74.0. The van der Waals surface area contributed by atoms with Crippen molar-refractivity contribution >= 4 is 135 Å². The van der Waals surface area contributed by atoms with Crippen LogP contribution in [-0.2, 0) is 111 Å². The molecule has 44 heteroatoms. The molecule has 722 valence electrons. The summed E-state index contributed by atoms with van der Waals surface area (Å²) in [6.07, 6.45) is 33.0. The first-order chi connectivity index (χ1) is 61.1. The maximum atomic E-state index is 13.2. The van der Waals surface area contributed by atoms with Crippen molar-refractivity contribution in [2.75, 3.05) is 117 Å². The number of fused-ring (bicyclic) bond motifs is 1. The molecule has 0 spiro atoms. The second-order valence-electron chi connectivity index (χ2n) is 31.7. The Morgan fingerprint density at radius 1 is 0.383 bits per heavy atom. The average Bonchev–Trinajstić information content (AvgIpc) is 1.64. The van der Waals surface area contributed by atoms with Crippen molar-refractivity contribution in [3.8, 4) is 0 Å². The molecule has 0 radical (unpaired) electrons. The minimum absolute atomic E-state index is 0.130. The second-order valence-corrected chi connectivity index (χ2v) is 33.4. The Labute approximate surface area is 748 Å². The van der Waals surface area contributed by atoms with Crippen molar-refractivity contribution in [3.05, 3.63) is 12.2 Å². The molecule has 128 heavy (non-hydrogen) atoms. The van der Waals surface area contributed by atoms with E-state index in [4.69, 9.17) is 4.74 Å². The van der Waals surface area contributed by atoms with E-state index in [1.54, 1.807) is 6.08 Å². The Morgan fingerprint density at radius 3 is 1.09 bits per heavy atom. The minimum atomic E-state index is -1.60. The maximum Gasteiger partial charge on any atom is 0.323 e. The lowest BCUT2D eigenvalue weighted by molar-refractivity contribution is -0.147. The van der Waals surface area contributed by atoms with Gasteiger partial charge in [-0.05, 0) is 32.1 Å². The number of unbranched alkanes of at least 4 members (excludes halogenated alkanes) is 26. The van der Waals surface area contributed by atoms with Crippen LogP contribution in [0.25, 0.3) is 0 Å². The lowest BCUT2D eigenvalue weighted by Crippen LogP contribution is -2.50. The van der Waals surface area contributed by atoms with E-state index in [1.807, 2.05) is 6.08 Å². The first kappa shape index (κ1) is 113. The number of carbonyl (C=O) groups excluding carboxylic acids is 17. The van der Waals surface area contributed by atoms with Gasteiger partial charge in [0.1, 0.15) is 45.9 Å². The first-order valence-electron chi connectivity index (χ1n) is 44.5. The molecule has 0 aliphatic carbocycles. The van der Waals surface area contributed by atoms with Crippen LogP contribution in [0.3, 0.4) is 0 Å². The van der Waals surface area contributed by atoms with Gasteiger partial charge in [-0.3, -0.25) is 100 Å². The summed E-state index contributed by atoms with van der Waals surface area (Å²) in [5, 5.41) is 73.8. The Hall–Kier alpha value is -11.1. The summed E-state index contributed by atoms with van der Waals surface area (Å²) in [7, 11) is -1.33. The molecule has 0 bridgehead atoms. The molecule has 2 fully saturated rings. The van der Waals surface area contributed by atoms with Gasteiger partial charge in [-0.25, -0.2) is 4.79 Å². The lowest BCUT2D eigenvalue weighted by atomic mass is 10.0. The highest BCUT2D eigenvalue weighted by molar-refractivity contribution is 7.86. The summed E-state index contributed by atoms with van der Waals surface area (Å²) in [6, 6.07) is -2.17. The first-order valence-corrected chi connectivity index (χ1v) is 45.9. The van der Waals surface area contributed by atoms with E-state index < -0.39 is 290 Å². The Bertz CT molecular complexity index is 3680. The fourth-order valence-corrected chi connectivity index (χ4v) is 15.5. The molecule has 1 unspecified atom stereocenters. The summed E-state index contributed by atoms with van der Waals surface area (Å²) in [5.41, 5.74) is 0. The highest BCUT2D eigenvalue weighted by Crippen LogP contribution is 2.25. The van der Waals surface area contributed by atoms with Crippen molar-refractivity contribution in [2.24, 2.45) is 0 Å². The van der Waals surface area contributed by atoms with Gasteiger partial charge in [-0.2, -0.15) is 0 Å². The standard InChI is InChI=1S/C84H137N15O28S/c1-3-5-7-9-11-13-15-17-18-19-21-23-25-27-29-31-36-67(105)93-61(63(102)35-30-28-26-24-22-20-16-14-12-10-8-6-4-2)57-127-82(124)40-39-66(104)86-42-69(107)92-48-77(115)99(56-81(122)123)52-73(111)88-44-71(109)90-46-75(113)97(54-79(118)119)50-60(101)34-32-33-59(100)49-96(53-78(116)117)74(112)45-89-70(108)43-87-72(110)51-98(55-80(120)121)76(114)47-91-68(106)41-85-65(103)38-37-64-83-62(58-128(64)126)94-84(125)95-83/h30,35,61-64,83,102H,3-29,31-34,36-58H2,1-2H3,(H,85,103)(H,86,104)(H,87,110)(H,88,111)(H,89,108)(H,90,109)(H,91,106)(H,92,107)(H,93,105)(H,116,117)(H,118,119)(H,120,121)(H,122,123)(H2,94,95,125)/b35-30+/t61-,62+,63-,64+,83+,128?/m1/s1. The summed E-state index contributed by atoms with van der Waals surface area (Å²) in [5.74, 6) is -20.9. The zero-order valence-corrected chi connectivity index (χ0v) is 74.9.